The van der Waals surface area contributed by atoms with E-state index in [1.165, 1.54) is 16.7 Å². The average Bonchev–Trinajstić information content (AvgIpc) is 2.32. The minimum Gasteiger partial charge on any atom is -0.505 e. The topological polar surface area (TPSA) is 32.3 Å². The minimum absolute atomic E-state index is 0.0831. The largest absolute Gasteiger partial charge is 0.505 e. The number of nitrogens with one attached hydrogen (secondary N) is 1. The fraction of sp³-hybridized carbons (Fsp3) is 0.200. The first-order chi connectivity index (χ1) is 8.95. The summed E-state index contributed by atoms with van der Waals surface area (Å²) in [5.41, 5.74) is 4.45. The Morgan fingerprint density at radius 3 is 2.00 bits per heavy atom. The van der Waals surface area contributed by atoms with Crippen LogP contribution in [0.15, 0.2) is 30.3 Å². The Morgan fingerprint density at radius 2 is 1.47 bits per heavy atom. The van der Waals surface area contributed by atoms with Crippen molar-refractivity contribution in [3.8, 4) is 5.75 Å². The van der Waals surface area contributed by atoms with Gasteiger partial charge in [-0.05, 0) is 31.5 Å². The van der Waals surface area contributed by atoms with Crippen LogP contribution in [0.25, 0.3) is 0 Å². The lowest BCUT2D eigenvalue weighted by molar-refractivity contribution is 0.476. The van der Waals surface area contributed by atoms with E-state index in [9.17, 15) is 5.11 Å². The summed E-state index contributed by atoms with van der Waals surface area (Å²) in [6.45, 7) is 4.83. The van der Waals surface area contributed by atoms with E-state index in [0.29, 0.717) is 6.54 Å². The summed E-state index contributed by atoms with van der Waals surface area (Å²) < 4.78 is 0. The molecule has 2 nitrogen and oxygen atoms in total. The van der Waals surface area contributed by atoms with Crippen molar-refractivity contribution in [3.05, 3.63) is 57.1 Å². The highest BCUT2D eigenvalue weighted by atomic mass is 35.5. The maximum Gasteiger partial charge on any atom is 0.152 e. The normalized spacial score (nSPS) is 10.5. The van der Waals surface area contributed by atoms with Crippen molar-refractivity contribution in [2.45, 2.75) is 20.4 Å². The first kappa shape index (κ1) is 14.0. The summed E-state index contributed by atoms with van der Waals surface area (Å²) in [6.07, 6.45) is 0. The Balaban J connectivity index is 2.14. The SMILES string of the molecule is Cc1cc(C)cc(CNc2cc(Cl)c(O)c(Cl)c2)c1. The Hall–Kier alpha value is -1.38. The van der Waals surface area contributed by atoms with Crippen molar-refractivity contribution in [1.82, 2.24) is 0 Å². The van der Waals surface area contributed by atoms with Crippen molar-refractivity contribution < 1.29 is 5.11 Å². The summed E-state index contributed by atoms with van der Waals surface area (Å²) in [5, 5.41) is 13.2. The van der Waals surface area contributed by atoms with Crippen molar-refractivity contribution in [1.29, 1.82) is 0 Å². The zero-order chi connectivity index (χ0) is 14.0. The summed E-state index contributed by atoms with van der Waals surface area (Å²) in [5.74, 6) is -0.0831. The number of aromatic hydroxyl groups is 1. The molecule has 0 unspecified atom stereocenters. The van der Waals surface area contributed by atoms with Gasteiger partial charge in [0.1, 0.15) is 0 Å². The molecule has 0 saturated heterocycles. The molecule has 100 valence electrons. The number of halogens is 2. The van der Waals surface area contributed by atoms with Crippen LogP contribution >= 0.6 is 23.2 Å². The zero-order valence-electron chi connectivity index (χ0n) is 10.8. The van der Waals surface area contributed by atoms with Crippen LogP contribution in [-0.4, -0.2) is 5.11 Å². The second-order valence-corrected chi connectivity index (χ2v) is 5.45. The number of phenolic OH excluding ortho intramolecular Hbond substituents is 1. The molecule has 0 saturated carbocycles. The molecule has 0 aliphatic carbocycles. The Labute approximate surface area is 123 Å². The number of hydrogen-bond donors (Lipinski definition) is 2. The monoisotopic (exact) mass is 295 g/mol. The van der Waals surface area contributed by atoms with Gasteiger partial charge in [-0.2, -0.15) is 0 Å². The van der Waals surface area contributed by atoms with Gasteiger partial charge in [0, 0.05) is 12.2 Å². The molecule has 0 spiro atoms. The van der Waals surface area contributed by atoms with Crippen molar-refractivity contribution >= 4 is 28.9 Å². The average molecular weight is 296 g/mol. The highest BCUT2D eigenvalue weighted by molar-refractivity contribution is 6.37. The lowest BCUT2D eigenvalue weighted by atomic mass is 10.1. The molecule has 0 bridgehead atoms. The third kappa shape index (κ3) is 3.55. The standard InChI is InChI=1S/C15H15Cl2NO/c1-9-3-10(2)5-11(4-9)8-18-12-6-13(16)15(19)14(17)7-12/h3-7,18-19H,8H2,1-2H3. The van der Waals surface area contributed by atoms with Crippen LogP contribution in [0, 0.1) is 13.8 Å². The maximum absolute atomic E-state index is 9.50. The van der Waals surface area contributed by atoms with E-state index in [0.717, 1.165) is 5.69 Å². The minimum atomic E-state index is -0.0831. The van der Waals surface area contributed by atoms with Crippen molar-refractivity contribution in [2.75, 3.05) is 5.32 Å². The van der Waals surface area contributed by atoms with Crippen LogP contribution in [-0.2, 0) is 6.54 Å². The first-order valence-electron chi connectivity index (χ1n) is 5.95. The predicted octanol–water partition coefficient (Wildman–Crippen LogP) is 4.93. The molecule has 2 aromatic carbocycles. The van der Waals surface area contributed by atoms with Crippen LogP contribution < -0.4 is 5.32 Å². The first-order valence-corrected chi connectivity index (χ1v) is 6.70. The number of phenols is 1. The van der Waals surface area contributed by atoms with Crippen LogP contribution in [0.5, 0.6) is 5.75 Å². The summed E-state index contributed by atoms with van der Waals surface area (Å²) in [4.78, 5) is 0. The molecule has 0 aromatic heterocycles. The van der Waals surface area contributed by atoms with E-state index in [1.807, 2.05) is 0 Å². The second kappa shape index (κ2) is 5.72. The molecular formula is C15H15Cl2NO. The molecule has 2 aromatic rings. The van der Waals surface area contributed by atoms with E-state index in [-0.39, 0.29) is 15.8 Å². The molecule has 2 rings (SSSR count). The number of rotatable bonds is 3. The highest BCUT2D eigenvalue weighted by Gasteiger charge is 2.06. The molecule has 2 N–H and O–H groups in total. The molecule has 0 aliphatic heterocycles. The van der Waals surface area contributed by atoms with Gasteiger partial charge in [-0.15, -0.1) is 0 Å². The third-order valence-electron chi connectivity index (χ3n) is 2.80. The van der Waals surface area contributed by atoms with Crippen molar-refractivity contribution in [2.24, 2.45) is 0 Å². The number of anilines is 1. The molecule has 0 aliphatic rings. The summed E-state index contributed by atoms with van der Waals surface area (Å²) in [6, 6.07) is 9.71. The summed E-state index contributed by atoms with van der Waals surface area (Å²) >= 11 is 11.8. The molecule has 0 radical (unpaired) electrons. The smallest absolute Gasteiger partial charge is 0.152 e. The van der Waals surface area contributed by atoms with Gasteiger partial charge in [0.25, 0.3) is 0 Å². The molecule has 0 amide bonds. The van der Waals surface area contributed by atoms with E-state index in [2.05, 4.69) is 37.4 Å². The predicted molar refractivity (Wildman–Crippen MR) is 81.4 cm³/mol. The zero-order valence-corrected chi connectivity index (χ0v) is 12.3. The molecule has 0 heterocycles. The van der Waals surface area contributed by atoms with Crippen LogP contribution in [0.2, 0.25) is 10.0 Å². The number of benzene rings is 2. The van der Waals surface area contributed by atoms with Crippen LogP contribution in [0.1, 0.15) is 16.7 Å². The third-order valence-corrected chi connectivity index (χ3v) is 3.37. The lowest BCUT2D eigenvalue weighted by Gasteiger charge is -2.10. The van der Waals surface area contributed by atoms with Gasteiger partial charge < -0.3 is 10.4 Å². The van der Waals surface area contributed by atoms with Gasteiger partial charge in [-0.3, -0.25) is 0 Å². The van der Waals surface area contributed by atoms with Crippen molar-refractivity contribution in [3.63, 3.8) is 0 Å². The van der Waals surface area contributed by atoms with Gasteiger partial charge in [-0.1, -0.05) is 52.5 Å². The number of hydrogen-bond acceptors (Lipinski definition) is 2. The van der Waals surface area contributed by atoms with Gasteiger partial charge >= 0.3 is 0 Å². The number of aryl methyl sites for hydroxylation is 2. The van der Waals surface area contributed by atoms with E-state index in [4.69, 9.17) is 23.2 Å². The van der Waals surface area contributed by atoms with Gasteiger partial charge in [-0.25, -0.2) is 0 Å². The van der Waals surface area contributed by atoms with E-state index < -0.39 is 0 Å². The second-order valence-electron chi connectivity index (χ2n) is 4.64. The van der Waals surface area contributed by atoms with Gasteiger partial charge in [0.05, 0.1) is 10.0 Å². The Bertz CT molecular complexity index is 568. The molecule has 4 heteroatoms. The molecular weight excluding hydrogens is 281 g/mol. The molecule has 0 fully saturated rings. The summed E-state index contributed by atoms with van der Waals surface area (Å²) in [7, 11) is 0. The Morgan fingerprint density at radius 1 is 0.947 bits per heavy atom. The fourth-order valence-electron chi connectivity index (χ4n) is 2.04. The van der Waals surface area contributed by atoms with Crippen LogP contribution in [0.3, 0.4) is 0 Å². The van der Waals surface area contributed by atoms with E-state index in [1.54, 1.807) is 12.1 Å². The lowest BCUT2D eigenvalue weighted by Crippen LogP contribution is -2.00. The molecule has 0 atom stereocenters. The van der Waals surface area contributed by atoms with Gasteiger partial charge in [0.15, 0.2) is 5.75 Å². The fourth-order valence-corrected chi connectivity index (χ4v) is 2.53. The van der Waals surface area contributed by atoms with E-state index >= 15 is 0 Å². The Kier molecular flexibility index (Phi) is 4.23. The quantitative estimate of drug-likeness (QED) is 0.787. The highest BCUT2D eigenvalue weighted by Crippen LogP contribution is 2.34. The molecule has 19 heavy (non-hydrogen) atoms. The van der Waals surface area contributed by atoms with Crippen LogP contribution in [0.4, 0.5) is 5.69 Å². The van der Waals surface area contributed by atoms with Gasteiger partial charge in [0.2, 0.25) is 0 Å². The maximum atomic E-state index is 9.50.